The molecule has 0 N–H and O–H groups in total. The van der Waals surface area contributed by atoms with Crippen LogP contribution >= 0.6 is 0 Å². The SMILES string of the molecule is CC(CN1CCCC(c2ccccc2)C1)n1cnc2ccccc21. The highest BCUT2D eigenvalue weighted by Crippen LogP contribution is 2.28. The Balaban J connectivity index is 1.46. The minimum absolute atomic E-state index is 0.437. The molecule has 2 atom stereocenters. The smallest absolute Gasteiger partial charge is 0.0961 e. The normalized spacial score (nSPS) is 20.3. The van der Waals surface area contributed by atoms with Crippen molar-refractivity contribution in [2.24, 2.45) is 0 Å². The van der Waals surface area contributed by atoms with Crippen LogP contribution in [0, 0.1) is 0 Å². The van der Waals surface area contributed by atoms with Gasteiger partial charge in [0.2, 0.25) is 0 Å². The zero-order chi connectivity index (χ0) is 16.4. The van der Waals surface area contributed by atoms with E-state index < -0.39 is 0 Å². The van der Waals surface area contributed by atoms with E-state index in [1.54, 1.807) is 0 Å². The fourth-order valence-electron chi connectivity index (χ4n) is 4.01. The zero-order valence-electron chi connectivity index (χ0n) is 14.3. The van der Waals surface area contributed by atoms with Gasteiger partial charge in [0.25, 0.3) is 0 Å². The number of benzene rings is 2. The maximum Gasteiger partial charge on any atom is 0.0961 e. The standard InChI is InChI=1S/C21H25N3/c1-17(24-16-22-20-11-5-6-12-21(20)24)14-23-13-7-10-19(15-23)18-8-3-2-4-9-18/h2-6,8-9,11-12,16-17,19H,7,10,13-15H2,1H3. The van der Waals surface area contributed by atoms with Crippen LogP contribution < -0.4 is 0 Å². The Kier molecular flexibility index (Phi) is 4.35. The van der Waals surface area contributed by atoms with Crippen LogP contribution in [0.2, 0.25) is 0 Å². The molecular weight excluding hydrogens is 294 g/mol. The quantitative estimate of drug-likeness (QED) is 0.707. The molecule has 1 aliphatic heterocycles. The molecule has 3 aromatic rings. The van der Waals surface area contributed by atoms with Gasteiger partial charge < -0.3 is 9.47 Å². The third-order valence-electron chi connectivity index (χ3n) is 5.25. The van der Waals surface area contributed by atoms with E-state index in [2.05, 4.69) is 76.0 Å². The van der Waals surface area contributed by atoms with Crippen LogP contribution in [0.4, 0.5) is 0 Å². The molecule has 0 amide bonds. The Bertz CT molecular complexity index is 793. The van der Waals surface area contributed by atoms with Crippen molar-refractivity contribution in [3.63, 3.8) is 0 Å². The molecule has 24 heavy (non-hydrogen) atoms. The van der Waals surface area contributed by atoms with Crippen LogP contribution in [0.5, 0.6) is 0 Å². The molecule has 0 radical (unpaired) electrons. The van der Waals surface area contributed by atoms with Crippen molar-refractivity contribution in [3.05, 3.63) is 66.5 Å². The number of imidazole rings is 1. The summed E-state index contributed by atoms with van der Waals surface area (Å²) in [5, 5.41) is 0. The molecule has 3 nitrogen and oxygen atoms in total. The summed E-state index contributed by atoms with van der Waals surface area (Å²) in [6, 6.07) is 19.8. The first-order valence-electron chi connectivity index (χ1n) is 9.00. The molecule has 1 saturated heterocycles. The minimum atomic E-state index is 0.437. The largest absolute Gasteiger partial charge is 0.326 e. The van der Waals surface area contributed by atoms with Gasteiger partial charge in [-0.15, -0.1) is 0 Å². The van der Waals surface area contributed by atoms with E-state index >= 15 is 0 Å². The Hall–Kier alpha value is -2.13. The van der Waals surface area contributed by atoms with E-state index in [9.17, 15) is 0 Å². The summed E-state index contributed by atoms with van der Waals surface area (Å²) < 4.78 is 2.32. The van der Waals surface area contributed by atoms with E-state index in [0.29, 0.717) is 12.0 Å². The zero-order valence-corrected chi connectivity index (χ0v) is 14.3. The predicted octanol–water partition coefficient (Wildman–Crippen LogP) is 4.48. The molecule has 124 valence electrons. The molecular formula is C21H25N3. The van der Waals surface area contributed by atoms with Gasteiger partial charge in [0, 0.05) is 19.1 Å². The lowest BCUT2D eigenvalue weighted by Gasteiger charge is -2.35. The molecule has 2 unspecified atom stereocenters. The molecule has 1 aliphatic rings. The molecule has 2 heterocycles. The van der Waals surface area contributed by atoms with Crippen molar-refractivity contribution in [2.45, 2.75) is 31.7 Å². The highest BCUT2D eigenvalue weighted by atomic mass is 15.2. The van der Waals surface area contributed by atoms with Gasteiger partial charge in [-0.2, -0.15) is 0 Å². The van der Waals surface area contributed by atoms with Crippen molar-refractivity contribution in [3.8, 4) is 0 Å². The van der Waals surface area contributed by atoms with Gasteiger partial charge in [-0.1, -0.05) is 42.5 Å². The topological polar surface area (TPSA) is 21.1 Å². The lowest BCUT2D eigenvalue weighted by molar-refractivity contribution is 0.185. The molecule has 0 spiro atoms. The van der Waals surface area contributed by atoms with Gasteiger partial charge in [-0.05, 0) is 49.9 Å². The van der Waals surface area contributed by atoms with Crippen molar-refractivity contribution >= 4 is 11.0 Å². The highest BCUT2D eigenvalue weighted by Gasteiger charge is 2.23. The van der Waals surface area contributed by atoms with Crippen LogP contribution in [-0.2, 0) is 0 Å². The van der Waals surface area contributed by atoms with Crippen LogP contribution in [-0.4, -0.2) is 34.1 Å². The number of hydrogen-bond acceptors (Lipinski definition) is 2. The van der Waals surface area contributed by atoms with Gasteiger partial charge in [0.15, 0.2) is 0 Å². The molecule has 4 rings (SSSR count). The summed E-state index contributed by atoms with van der Waals surface area (Å²) in [5.74, 6) is 0.673. The summed E-state index contributed by atoms with van der Waals surface area (Å²) in [6.45, 7) is 5.77. The molecule has 0 saturated carbocycles. The van der Waals surface area contributed by atoms with Crippen LogP contribution in [0.3, 0.4) is 0 Å². The van der Waals surface area contributed by atoms with Gasteiger partial charge in [-0.3, -0.25) is 0 Å². The summed E-state index contributed by atoms with van der Waals surface area (Å²) in [7, 11) is 0. The number of aromatic nitrogens is 2. The Morgan fingerprint density at radius 2 is 1.88 bits per heavy atom. The summed E-state index contributed by atoms with van der Waals surface area (Å²) in [4.78, 5) is 7.17. The van der Waals surface area contributed by atoms with Crippen molar-refractivity contribution in [1.29, 1.82) is 0 Å². The number of piperidine rings is 1. The van der Waals surface area contributed by atoms with Crippen LogP contribution in [0.25, 0.3) is 11.0 Å². The van der Waals surface area contributed by atoms with Crippen molar-refractivity contribution < 1.29 is 0 Å². The Morgan fingerprint density at radius 1 is 1.08 bits per heavy atom. The molecule has 1 aromatic heterocycles. The average Bonchev–Trinajstić information content (AvgIpc) is 3.07. The number of fused-ring (bicyclic) bond motifs is 1. The average molecular weight is 319 g/mol. The summed E-state index contributed by atoms with van der Waals surface area (Å²) in [5.41, 5.74) is 3.81. The first-order valence-corrected chi connectivity index (χ1v) is 9.00. The van der Waals surface area contributed by atoms with E-state index in [4.69, 9.17) is 0 Å². The lowest BCUT2D eigenvalue weighted by atomic mass is 9.90. The number of likely N-dealkylation sites (tertiary alicyclic amines) is 1. The first-order chi connectivity index (χ1) is 11.8. The fraction of sp³-hybridized carbons (Fsp3) is 0.381. The van der Waals surface area contributed by atoms with Crippen molar-refractivity contribution in [2.75, 3.05) is 19.6 Å². The number of rotatable bonds is 4. The highest BCUT2D eigenvalue weighted by molar-refractivity contribution is 5.75. The van der Waals surface area contributed by atoms with E-state index in [1.165, 1.54) is 37.0 Å². The second-order valence-electron chi connectivity index (χ2n) is 7.00. The first kappa shape index (κ1) is 15.4. The Morgan fingerprint density at radius 3 is 2.75 bits per heavy atom. The minimum Gasteiger partial charge on any atom is -0.326 e. The van der Waals surface area contributed by atoms with E-state index in [0.717, 1.165) is 12.1 Å². The van der Waals surface area contributed by atoms with Gasteiger partial charge in [0.1, 0.15) is 0 Å². The number of nitrogens with zero attached hydrogens (tertiary/aromatic N) is 3. The van der Waals surface area contributed by atoms with Crippen LogP contribution in [0.15, 0.2) is 60.9 Å². The second kappa shape index (κ2) is 6.78. The summed E-state index contributed by atoms with van der Waals surface area (Å²) >= 11 is 0. The van der Waals surface area contributed by atoms with E-state index in [-0.39, 0.29) is 0 Å². The van der Waals surface area contributed by atoms with Crippen molar-refractivity contribution in [1.82, 2.24) is 14.5 Å². The third kappa shape index (κ3) is 3.09. The maximum absolute atomic E-state index is 4.54. The van der Waals surface area contributed by atoms with Crippen LogP contribution in [0.1, 0.15) is 37.3 Å². The number of para-hydroxylation sites is 2. The van der Waals surface area contributed by atoms with Gasteiger partial charge >= 0.3 is 0 Å². The molecule has 3 heteroatoms. The lowest BCUT2D eigenvalue weighted by Crippen LogP contribution is -2.37. The second-order valence-corrected chi connectivity index (χ2v) is 7.00. The Labute approximate surface area is 143 Å². The molecule has 0 aliphatic carbocycles. The number of hydrogen-bond donors (Lipinski definition) is 0. The predicted molar refractivity (Wildman–Crippen MR) is 99.3 cm³/mol. The summed E-state index contributed by atoms with van der Waals surface area (Å²) in [6.07, 6.45) is 4.59. The molecule has 2 aromatic carbocycles. The fourth-order valence-corrected chi connectivity index (χ4v) is 4.01. The third-order valence-corrected chi connectivity index (χ3v) is 5.25. The molecule has 0 bridgehead atoms. The van der Waals surface area contributed by atoms with Gasteiger partial charge in [0.05, 0.1) is 17.4 Å². The van der Waals surface area contributed by atoms with Gasteiger partial charge in [-0.25, -0.2) is 4.98 Å². The molecule has 1 fully saturated rings. The monoisotopic (exact) mass is 319 g/mol. The maximum atomic E-state index is 4.54. The van der Waals surface area contributed by atoms with E-state index in [1.807, 2.05) is 6.33 Å².